The summed E-state index contributed by atoms with van der Waals surface area (Å²) in [6.45, 7) is 1.22. The van der Waals surface area contributed by atoms with Crippen LogP contribution in [0.5, 0.6) is 5.75 Å². The fraction of sp³-hybridized carbons (Fsp3) is 0.308. The van der Waals surface area contributed by atoms with Gasteiger partial charge in [-0.2, -0.15) is 5.26 Å². The molecule has 7 heteroatoms. The van der Waals surface area contributed by atoms with Gasteiger partial charge < -0.3 is 14.4 Å². The lowest BCUT2D eigenvalue weighted by molar-refractivity contribution is -0.136. The van der Waals surface area contributed by atoms with Gasteiger partial charge >= 0.3 is 0 Å². The third-order valence-electron chi connectivity index (χ3n) is 5.71. The Hall–Kier alpha value is -3.47. The van der Waals surface area contributed by atoms with Crippen molar-refractivity contribution in [3.63, 3.8) is 0 Å². The van der Waals surface area contributed by atoms with Crippen LogP contribution >= 0.6 is 0 Å². The molecule has 3 aromatic carbocycles. The van der Waals surface area contributed by atoms with Crippen molar-refractivity contribution in [3.05, 3.63) is 77.1 Å². The molecular weight excluding hydrogens is 421 g/mol. The zero-order chi connectivity index (χ0) is 24.0. The lowest BCUT2D eigenvalue weighted by atomic mass is 9.98. The van der Waals surface area contributed by atoms with E-state index in [4.69, 9.17) is 9.47 Å². The Labute approximate surface area is 193 Å². The molecule has 1 atom stereocenters. The average Bonchev–Trinajstić information content (AvgIpc) is 2.83. The zero-order valence-electron chi connectivity index (χ0n) is 19.3. The summed E-state index contributed by atoms with van der Waals surface area (Å²) in [7, 11) is 6.69. The number of carbonyl (C=O) groups is 1. The molecule has 33 heavy (non-hydrogen) atoms. The van der Waals surface area contributed by atoms with Crippen molar-refractivity contribution < 1.29 is 18.7 Å². The van der Waals surface area contributed by atoms with Gasteiger partial charge in [-0.1, -0.05) is 36.4 Å². The van der Waals surface area contributed by atoms with Gasteiger partial charge in [0.25, 0.3) is 0 Å². The molecule has 0 saturated carbocycles. The normalized spacial score (nSPS) is 11.9. The van der Waals surface area contributed by atoms with E-state index in [2.05, 4.69) is 6.07 Å². The minimum atomic E-state index is -0.623. The van der Waals surface area contributed by atoms with Gasteiger partial charge in [0.1, 0.15) is 23.7 Å². The molecule has 0 aromatic heterocycles. The Morgan fingerprint density at radius 3 is 2.45 bits per heavy atom. The van der Waals surface area contributed by atoms with Crippen molar-refractivity contribution in [3.8, 4) is 11.8 Å². The van der Waals surface area contributed by atoms with E-state index in [0.717, 1.165) is 16.3 Å². The smallest absolute Gasteiger partial charge is 0.244 e. The fourth-order valence-corrected chi connectivity index (χ4v) is 4.00. The van der Waals surface area contributed by atoms with Gasteiger partial charge in [-0.05, 0) is 41.6 Å². The summed E-state index contributed by atoms with van der Waals surface area (Å²) in [6.07, 6.45) is 0. The molecule has 0 bridgehead atoms. The molecule has 6 nitrogen and oxygen atoms in total. The topological polar surface area (TPSA) is 65.8 Å². The van der Waals surface area contributed by atoms with E-state index in [1.165, 1.54) is 19.2 Å². The van der Waals surface area contributed by atoms with Crippen LogP contribution in [0, 0.1) is 17.1 Å². The van der Waals surface area contributed by atoms with Gasteiger partial charge in [0.2, 0.25) is 5.91 Å². The maximum atomic E-state index is 13.7. The molecular formula is C26H28FN3O3. The number of hydrogen-bond donors (Lipinski definition) is 0. The number of nitrogens with zero attached hydrogens (tertiary/aromatic N) is 3. The van der Waals surface area contributed by atoms with E-state index in [-0.39, 0.29) is 18.3 Å². The molecule has 3 aromatic rings. The van der Waals surface area contributed by atoms with Crippen LogP contribution in [0.4, 0.5) is 4.39 Å². The summed E-state index contributed by atoms with van der Waals surface area (Å²) in [5, 5.41) is 11.4. The van der Waals surface area contributed by atoms with E-state index in [1.807, 2.05) is 36.2 Å². The summed E-state index contributed by atoms with van der Waals surface area (Å²) in [5.41, 5.74) is 1.87. The van der Waals surface area contributed by atoms with Gasteiger partial charge in [-0.15, -0.1) is 0 Å². The van der Waals surface area contributed by atoms with Crippen LogP contribution in [-0.2, 0) is 16.1 Å². The van der Waals surface area contributed by atoms with Crippen molar-refractivity contribution in [2.75, 3.05) is 41.5 Å². The van der Waals surface area contributed by atoms with E-state index in [0.29, 0.717) is 30.0 Å². The largest absolute Gasteiger partial charge is 0.495 e. The van der Waals surface area contributed by atoms with Gasteiger partial charge in [-0.3, -0.25) is 9.69 Å². The second kappa shape index (κ2) is 10.9. The summed E-state index contributed by atoms with van der Waals surface area (Å²) in [5.74, 6) is -0.0574. The van der Waals surface area contributed by atoms with Crippen molar-refractivity contribution in [2.45, 2.75) is 12.6 Å². The van der Waals surface area contributed by atoms with E-state index < -0.39 is 6.04 Å². The number of carbonyl (C=O) groups excluding carboxylic acids is 1. The first-order valence-corrected chi connectivity index (χ1v) is 10.6. The first-order chi connectivity index (χ1) is 15.9. The lowest BCUT2D eigenvalue weighted by Crippen LogP contribution is -2.40. The SMILES string of the molecule is COCCN(C)C(C(=O)N(C)Cc1c(OC)c(C#N)cc2ccccc12)c1ccc(F)cc1. The standard InChI is InChI=1S/C26H28FN3O3/c1-29(13-14-32-3)24(18-9-11-21(27)12-10-18)26(31)30(2)17-23-22-8-6-5-7-19(22)15-20(16-28)25(23)33-4/h5-12,15,24H,13-14,17H2,1-4H3. The number of halogens is 1. The molecule has 0 aliphatic carbocycles. The lowest BCUT2D eigenvalue weighted by Gasteiger charge is -2.31. The number of nitriles is 1. The Morgan fingerprint density at radius 1 is 1.12 bits per heavy atom. The van der Waals surface area contributed by atoms with Crippen LogP contribution in [0.3, 0.4) is 0 Å². The number of amides is 1. The van der Waals surface area contributed by atoms with Crippen LogP contribution in [-0.4, -0.2) is 57.2 Å². The second-order valence-electron chi connectivity index (χ2n) is 7.89. The van der Waals surface area contributed by atoms with Crippen LogP contribution < -0.4 is 4.74 Å². The molecule has 1 unspecified atom stereocenters. The molecule has 0 radical (unpaired) electrons. The highest BCUT2D eigenvalue weighted by Crippen LogP contribution is 2.33. The number of methoxy groups -OCH3 is 2. The highest BCUT2D eigenvalue weighted by molar-refractivity contribution is 5.90. The van der Waals surface area contributed by atoms with E-state index in [1.54, 1.807) is 37.3 Å². The molecule has 0 aliphatic heterocycles. The maximum absolute atomic E-state index is 13.7. The molecule has 0 aliphatic rings. The van der Waals surface area contributed by atoms with Crippen LogP contribution in [0.1, 0.15) is 22.7 Å². The highest BCUT2D eigenvalue weighted by atomic mass is 19.1. The molecule has 0 N–H and O–H groups in total. The van der Waals surface area contributed by atoms with Gasteiger partial charge in [0, 0.05) is 32.8 Å². The Bertz CT molecular complexity index is 1160. The molecule has 1 amide bonds. The Kier molecular flexibility index (Phi) is 7.99. The van der Waals surface area contributed by atoms with Crippen LogP contribution in [0.2, 0.25) is 0 Å². The number of rotatable bonds is 9. The molecule has 3 rings (SSSR count). The minimum absolute atomic E-state index is 0.159. The first kappa shape index (κ1) is 24.2. The van der Waals surface area contributed by atoms with E-state index >= 15 is 0 Å². The van der Waals surface area contributed by atoms with Crippen molar-refractivity contribution in [1.29, 1.82) is 5.26 Å². The predicted molar refractivity (Wildman–Crippen MR) is 125 cm³/mol. The maximum Gasteiger partial charge on any atom is 0.244 e. The first-order valence-electron chi connectivity index (χ1n) is 10.6. The molecule has 0 heterocycles. The van der Waals surface area contributed by atoms with Crippen LogP contribution in [0.25, 0.3) is 10.8 Å². The number of fused-ring (bicyclic) bond motifs is 1. The van der Waals surface area contributed by atoms with Crippen molar-refractivity contribution in [2.24, 2.45) is 0 Å². The average molecular weight is 450 g/mol. The quantitative estimate of drug-likeness (QED) is 0.491. The Balaban J connectivity index is 2.00. The van der Waals surface area contributed by atoms with Crippen molar-refractivity contribution >= 4 is 16.7 Å². The zero-order valence-corrected chi connectivity index (χ0v) is 19.3. The predicted octanol–water partition coefficient (Wildman–Crippen LogP) is 4.14. The van der Waals surface area contributed by atoms with E-state index in [9.17, 15) is 14.4 Å². The number of hydrogen-bond acceptors (Lipinski definition) is 5. The third-order valence-corrected chi connectivity index (χ3v) is 5.71. The molecule has 0 fully saturated rings. The molecule has 0 spiro atoms. The summed E-state index contributed by atoms with van der Waals surface area (Å²) < 4.78 is 24.3. The Morgan fingerprint density at radius 2 is 1.82 bits per heavy atom. The highest BCUT2D eigenvalue weighted by Gasteiger charge is 2.29. The number of ether oxygens (including phenoxy) is 2. The summed E-state index contributed by atoms with van der Waals surface area (Å²) >= 11 is 0. The third kappa shape index (κ3) is 5.30. The summed E-state index contributed by atoms with van der Waals surface area (Å²) in [6, 6.07) is 17.0. The molecule has 172 valence electrons. The number of likely N-dealkylation sites (N-methyl/N-ethyl adjacent to an activating group) is 2. The summed E-state index contributed by atoms with van der Waals surface area (Å²) in [4.78, 5) is 17.2. The van der Waals surface area contributed by atoms with Crippen LogP contribution in [0.15, 0.2) is 54.6 Å². The minimum Gasteiger partial charge on any atom is -0.495 e. The van der Waals surface area contributed by atoms with Gasteiger partial charge in [0.15, 0.2) is 0 Å². The van der Waals surface area contributed by atoms with Gasteiger partial charge in [0.05, 0.1) is 19.3 Å². The second-order valence-corrected chi connectivity index (χ2v) is 7.89. The van der Waals surface area contributed by atoms with Gasteiger partial charge in [-0.25, -0.2) is 4.39 Å². The number of benzene rings is 3. The molecule has 0 saturated heterocycles. The van der Waals surface area contributed by atoms with Crippen molar-refractivity contribution in [1.82, 2.24) is 9.80 Å². The fourth-order valence-electron chi connectivity index (χ4n) is 4.00. The monoisotopic (exact) mass is 449 g/mol.